The van der Waals surface area contributed by atoms with Gasteiger partial charge in [0.1, 0.15) is 16.0 Å². The molecule has 0 unspecified atom stereocenters. The molecule has 0 aliphatic carbocycles. The quantitative estimate of drug-likeness (QED) is 0.699. The summed E-state index contributed by atoms with van der Waals surface area (Å²) < 4.78 is 11.4. The lowest BCUT2D eigenvalue weighted by molar-refractivity contribution is 0.0626. The topological polar surface area (TPSA) is 45.2 Å². The number of methoxy groups -OCH3 is 2. The number of halogens is 1. The van der Waals surface area contributed by atoms with Crippen LogP contribution in [0.15, 0.2) is 16.6 Å². The van der Waals surface area contributed by atoms with Crippen molar-refractivity contribution in [3.8, 4) is 11.5 Å². The molecule has 0 N–H and O–H groups in total. The van der Waals surface area contributed by atoms with Gasteiger partial charge in [-0.3, -0.25) is 9.69 Å². The van der Waals surface area contributed by atoms with E-state index in [4.69, 9.17) is 9.47 Å². The molecule has 1 aromatic carbocycles. The maximum absolute atomic E-state index is 12.9. The van der Waals surface area contributed by atoms with Crippen molar-refractivity contribution in [2.24, 2.45) is 0 Å². The highest BCUT2D eigenvalue weighted by Gasteiger charge is 2.24. The summed E-state index contributed by atoms with van der Waals surface area (Å²) in [7, 11) is 3.18. The third-order valence-electron chi connectivity index (χ3n) is 5.28. The summed E-state index contributed by atoms with van der Waals surface area (Å²) in [6.07, 6.45) is 2.67. The standard InChI is InChI=1S/C19H28BrN3O3/c1-25-16-13-15(14-17(26-2)18(16)20)19(24)23-11-9-22(10-12-23)8-7-21-5-3-4-6-21/h13-14H,3-12H2,1-2H3. The van der Waals surface area contributed by atoms with Crippen LogP contribution in [0.25, 0.3) is 0 Å². The van der Waals surface area contributed by atoms with E-state index < -0.39 is 0 Å². The number of likely N-dealkylation sites (tertiary alicyclic amines) is 1. The number of benzene rings is 1. The van der Waals surface area contributed by atoms with Crippen molar-refractivity contribution in [3.05, 3.63) is 22.2 Å². The molecule has 0 radical (unpaired) electrons. The lowest BCUT2D eigenvalue weighted by atomic mass is 10.1. The van der Waals surface area contributed by atoms with E-state index in [-0.39, 0.29) is 5.91 Å². The SMILES string of the molecule is COc1cc(C(=O)N2CCN(CCN3CCCC3)CC2)cc(OC)c1Br. The monoisotopic (exact) mass is 425 g/mol. The Morgan fingerprint density at radius 1 is 0.923 bits per heavy atom. The van der Waals surface area contributed by atoms with E-state index in [9.17, 15) is 4.79 Å². The molecule has 2 fully saturated rings. The molecule has 0 bridgehead atoms. The van der Waals surface area contributed by atoms with Gasteiger partial charge in [0.15, 0.2) is 0 Å². The molecule has 0 spiro atoms. The van der Waals surface area contributed by atoms with Crippen LogP contribution in [0.2, 0.25) is 0 Å². The average molecular weight is 426 g/mol. The van der Waals surface area contributed by atoms with E-state index in [0.717, 1.165) is 43.7 Å². The molecule has 0 saturated carbocycles. The largest absolute Gasteiger partial charge is 0.495 e. The highest BCUT2D eigenvalue weighted by atomic mass is 79.9. The van der Waals surface area contributed by atoms with Gasteiger partial charge in [0.25, 0.3) is 5.91 Å². The van der Waals surface area contributed by atoms with E-state index >= 15 is 0 Å². The van der Waals surface area contributed by atoms with Crippen LogP contribution in [-0.4, -0.2) is 87.2 Å². The molecule has 3 rings (SSSR count). The maximum Gasteiger partial charge on any atom is 0.254 e. The first-order valence-corrected chi connectivity index (χ1v) is 10.1. The van der Waals surface area contributed by atoms with Crippen molar-refractivity contribution in [1.29, 1.82) is 0 Å². The zero-order valence-corrected chi connectivity index (χ0v) is 17.3. The van der Waals surface area contributed by atoms with E-state index in [1.165, 1.54) is 25.9 Å². The molecular weight excluding hydrogens is 398 g/mol. The first kappa shape index (κ1) is 19.5. The van der Waals surface area contributed by atoms with Gasteiger partial charge >= 0.3 is 0 Å². The van der Waals surface area contributed by atoms with Crippen LogP contribution in [0.3, 0.4) is 0 Å². The fourth-order valence-corrected chi connectivity index (χ4v) is 4.19. The van der Waals surface area contributed by atoms with Crippen LogP contribution in [0.5, 0.6) is 11.5 Å². The Hall–Kier alpha value is -1.31. The predicted octanol–water partition coefficient (Wildman–Crippen LogP) is 2.32. The van der Waals surface area contributed by atoms with Gasteiger partial charge in [-0.2, -0.15) is 0 Å². The second-order valence-corrected chi connectivity index (χ2v) is 7.67. The zero-order valence-electron chi connectivity index (χ0n) is 15.7. The number of hydrogen-bond acceptors (Lipinski definition) is 5. The number of rotatable bonds is 6. The first-order chi connectivity index (χ1) is 12.6. The highest BCUT2D eigenvalue weighted by Crippen LogP contribution is 2.36. The molecule has 26 heavy (non-hydrogen) atoms. The van der Waals surface area contributed by atoms with Crippen molar-refractivity contribution < 1.29 is 14.3 Å². The van der Waals surface area contributed by atoms with Gasteiger partial charge in [0.2, 0.25) is 0 Å². The fraction of sp³-hybridized carbons (Fsp3) is 0.632. The van der Waals surface area contributed by atoms with Gasteiger partial charge in [-0.1, -0.05) is 0 Å². The number of hydrogen-bond donors (Lipinski definition) is 0. The Kier molecular flexibility index (Phi) is 6.78. The van der Waals surface area contributed by atoms with E-state index in [2.05, 4.69) is 25.7 Å². The molecule has 7 heteroatoms. The summed E-state index contributed by atoms with van der Waals surface area (Å²) in [6, 6.07) is 3.55. The molecule has 6 nitrogen and oxygen atoms in total. The third-order valence-corrected chi connectivity index (χ3v) is 6.06. The lowest BCUT2D eigenvalue weighted by Gasteiger charge is -2.35. The maximum atomic E-state index is 12.9. The van der Waals surface area contributed by atoms with Gasteiger partial charge in [0, 0.05) is 44.8 Å². The number of carbonyl (C=O) groups is 1. The van der Waals surface area contributed by atoms with Crippen LogP contribution in [0.4, 0.5) is 0 Å². The van der Waals surface area contributed by atoms with E-state index in [1.807, 2.05) is 4.90 Å². The Balaban J connectivity index is 1.56. The van der Waals surface area contributed by atoms with Gasteiger partial charge in [0.05, 0.1) is 14.2 Å². The van der Waals surface area contributed by atoms with Crippen molar-refractivity contribution in [3.63, 3.8) is 0 Å². The van der Waals surface area contributed by atoms with Gasteiger partial charge < -0.3 is 19.3 Å². The molecule has 1 aromatic rings. The lowest BCUT2D eigenvalue weighted by Crippen LogP contribution is -2.50. The highest BCUT2D eigenvalue weighted by molar-refractivity contribution is 9.10. The van der Waals surface area contributed by atoms with Crippen molar-refractivity contribution >= 4 is 21.8 Å². The van der Waals surface area contributed by atoms with Crippen LogP contribution in [0.1, 0.15) is 23.2 Å². The molecule has 2 aliphatic heterocycles. The molecule has 0 atom stereocenters. The minimum Gasteiger partial charge on any atom is -0.495 e. The number of carbonyl (C=O) groups excluding carboxylic acids is 1. The second kappa shape index (κ2) is 9.06. The average Bonchev–Trinajstić information content (AvgIpc) is 3.20. The first-order valence-electron chi connectivity index (χ1n) is 9.28. The van der Waals surface area contributed by atoms with Crippen molar-refractivity contribution in [2.45, 2.75) is 12.8 Å². The number of nitrogens with zero attached hydrogens (tertiary/aromatic N) is 3. The minimum atomic E-state index is 0.0355. The summed E-state index contributed by atoms with van der Waals surface area (Å²) in [4.78, 5) is 19.8. The Morgan fingerprint density at radius 2 is 1.42 bits per heavy atom. The third kappa shape index (κ3) is 4.50. The van der Waals surface area contributed by atoms with Crippen LogP contribution in [-0.2, 0) is 0 Å². The van der Waals surface area contributed by atoms with E-state index in [1.54, 1.807) is 26.4 Å². The molecule has 144 valence electrons. The second-order valence-electron chi connectivity index (χ2n) is 6.88. The van der Waals surface area contributed by atoms with Crippen LogP contribution < -0.4 is 9.47 Å². The minimum absolute atomic E-state index is 0.0355. The fourth-order valence-electron chi connectivity index (χ4n) is 3.64. The number of amides is 1. The summed E-state index contributed by atoms with van der Waals surface area (Å²) in [5, 5.41) is 0. The van der Waals surface area contributed by atoms with Crippen LogP contribution in [0, 0.1) is 0 Å². The number of ether oxygens (including phenoxy) is 2. The smallest absolute Gasteiger partial charge is 0.254 e. The van der Waals surface area contributed by atoms with Crippen molar-refractivity contribution in [1.82, 2.24) is 14.7 Å². The molecule has 2 aliphatic rings. The molecule has 0 aromatic heterocycles. The normalized spacial score (nSPS) is 19.0. The molecule has 2 saturated heterocycles. The summed E-state index contributed by atoms with van der Waals surface area (Å²) in [5.41, 5.74) is 0.604. The summed E-state index contributed by atoms with van der Waals surface area (Å²) >= 11 is 3.45. The summed E-state index contributed by atoms with van der Waals surface area (Å²) in [6.45, 7) is 8.13. The Bertz CT molecular complexity index is 601. The Labute approximate surface area is 164 Å². The summed E-state index contributed by atoms with van der Waals surface area (Å²) in [5.74, 6) is 1.25. The van der Waals surface area contributed by atoms with Crippen LogP contribution >= 0.6 is 15.9 Å². The molecule has 2 heterocycles. The molecule has 1 amide bonds. The van der Waals surface area contributed by atoms with Gasteiger partial charge in [-0.05, 0) is 54.0 Å². The van der Waals surface area contributed by atoms with Gasteiger partial charge in [-0.15, -0.1) is 0 Å². The predicted molar refractivity (Wildman–Crippen MR) is 105 cm³/mol. The molecular formula is C19H28BrN3O3. The van der Waals surface area contributed by atoms with E-state index in [0.29, 0.717) is 17.1 Å². The van der Waals surface area contributed by atoms with Gasteiger partial charge in [-0.25, -0.2) is 0 Å². The number of piperazine rings is 1. The Morgan fingerprint density at radius 3 is 1.92 bits per heavy atom. The van der Waals surface area contributed by atoms with Crippen molar-refractivity contribution in [2.75, 3.05) is 66.6 Å². The zero-order chi connectivity index (χ0) is 18.5.